The molecule has 5 heteroatoms. The third-order valence-electron chi connectivity index (χ3n) is 7.49. The van der Waals surface area contributed by atoms with Gasteiger partial charge in [0.2, 0.25) is 6.23 Å². The number of rotatable bonds is 4. The monoisotopic (exact) mass is 434 g/mol. The second-order valence-electron chi connectivity index (χ2n) is 10.3. The Labute approximate surface area is 191 Å². The Morgan fingerprint density at radius 2 is 1.59 bits per heavy atom. The van der Waals surface area contributed by atoms with Gasteiger partial charge in [-0.3, -0.25) is 9.69 Å². The first-order chi connectivity index (χ1) is 15.1. The summed E-state index contributed by atoms with van der Waals surface area (Å²) < 4.78 is 6.05. The van der Waals surface area contributed by atoms with E-state index in [1.54, 1.807) is 0 Å². The van der Waals surface area contributed by atoms with Gasteiger partial charge in [0.05, 0.1) is 5.54 Å². The van der Waals surface area contributed by atoms with Crippen LogP contribution in [-0.4, -0.2) is 28.5 Å². The van der Waals surface area contributed by atoms with Crippen LogP contribution in [0.4, 0.5) is 4.79 Å². The smallest absolute Gasteiger partial charge is 0.412 e. The molecule has 2 heterocycles. The lowest BCUT2D eigenvalue weighted by Gasteiger charge is -2.45. The lowest BCUT2D eigenvalue weighted by Crippen LogP contribution is -2.54. The first-order valence-corrected chi connectivity index (χ1v) is 11.6. The number of amides is 2. The summed E-state index contributed by atoms with van der Waals surface area (Å²) in [5.74, 6) is -0.239. The van der Waals surface area contributed by atoms with Crippen molar-refractivity contribution in [1.29, 1.82) is 0 Å². The summed E-state index contributed by atoms with van der Waals surface area (Å²) in [6, 6.07) is 15.4. The van der Waals surface area contributed by atoms with Gasteiger partial charge < -0.3 is 10.1 Å². The molecule has 0 aliphatic carbocycles. The Kier molecular flexibility index (Phi) is 5.78. The average Bonchev–Trinajstić information content (AvgIpc) is 3.31. The second kappa shape index (κ2) is 8.27. The van der Waals surface area contributed by atoms with Crippen LogP contribution in [0.25, 0.3) is 0 Å². The van der Waals surface area contributed by atoms with Crippen molar-refractivity contribution in [2.75, 3.05) is 0 Å². The van der Waals surface area contributed by atoms with Crippen molar-refractivity contribution in [1.82, 2.24) is 10.2 Å². The molecule has 2 aromatic rings. The molecular weight excluding hydrogens is 400 g/mol. The molecule has 2 fully saturated rings. The minimum Gasteiger partial charge on any atom is -0.421 e. The minimum atomic E-state index is -0.854. The molecule has 0 saturated carbocycles. The zero-order valence-corrected chi connectivity index (χ0v) is 19.8. The fourth-order valence-electron chi connectivity index (χ4n) is 5.69. The molecule has 4 rings (SSSR count). The van der Waals surface area contributed by atoms with Crippen LogP contribution in [0.1, 0.15) is 79.7 Å². The predicted molar refractivity (Wildman–Crippen MR) is 125 cm³/mol. The van der Waals surface area contributed by atoms with Gasteiger partial charge in [-0.25, -0.2) is 4.79 Å². The Morgan fingerprint density at radius 1 is 1.00 bits per heavy atom. The van der Waals surface area contributed by atoms with Crippen molar-refractivity contribution >= 4 is 12.0 Å². The quantitative estimate of drug-likeness (QED) is 0.609. The van der Waals surface area contributed by atoms with Crippen molar-refractivity contribution in [3.63, 3.8) is 0 Å². The normalized spacial score (nSPS) is 23.2. The number of hydrogen-bond acceptors (Lipinski definition) is 3. The highest BCUT2D eigenvalue weighted by Crippen LogP contribution is 2.55. The lowest BCUT2D eigenvalue weighted by atomic mass is 9.69. The molecule has 0 unspecified atom stereocenters. The highest BCUT2D eigenvalue weighted by atomic mass is 16.6. The van der Waals surface area contributed by atoms with Crippen LogP contribution in [0.5, 0.6) is 0 Å². The van der Waals surface area contributed by atoms with Gasteiger partial charge in [0.1, 0.15) is 0 Å². The molecule has 32 heavy (non-hydrogen) atoms. The minimum absolute atomic E-state index is 0.0407. The van der Waals surface area contributed by atoms with Crippen molar-refractivity contribution in [3.8, 4) is 0 Å². The third-order valence-corrected chi connectivity index (χ3v) is 7.49. The number of nitrogens with zero attached hydrogens (tertiary/aromatic N) is 1. The molecule has 0 aromatic heterocycles. The summed E-state index contributed by atoms with van der Waals surface area (Å²) >= 11 is 0. The van der Waals surface area contributed by atoms with E-state index in [4.69, 9.17) is 4.74 Å². The largest absolute Gasteiger partial charge is 0.421 e. The summed E-state index contributed by atoms with van der Waals surface area (Å²) in [5, 5.41) is 2.98. The van der Waals surface area contributed by atoms with E-state index in [0.29, 0.717) is 5.56 Å². The van der Waals surface area contributed by atoms with Crippen LogP contribution in [0, 0.1) is 19.3 Å². The van der Waals surface area contributed by atoms with Gasteiger partial charge in [-0.2, -0.15) is 0 Å². The Morgan fingerprint density at radius 3 is 2.16 bits per heavy atom. The highest BCUT2D eigenvalue weighted by Gasteiger charge is 2.60. The Bertz CT molecular complexity index is 981. The molecule has 2 bridgehead atoms. The summed E-state index contributed by atoms with van der Waals surface area (Å²) in [7, 11) is 0. The molecule has 5 nitrogen and oxygen atoms in total. The molecule has 2 saturated heterocycles. The van der Waals surface area contributed by atoms with Crippen LogP contribution in [-0.2, 0) is 4.74 Å². The number of carbonyl (C=O) groups excluding carboxylic acids is 2. The van der Waals surface area contributed by atoms with Gasteiger partial charge in [-0.15, -0.1) is 0 Å². The maximum atomic E-state index is 13.5. The molecule has 2 aliphatic heterocycles. The van der Waals surface area contributed by atoms with Gasteiger partial charge in [0.15, 0.2) is 0 Å². The van der Waals surface area contributed by atoms with Gasteiger partial charge in [0, 0.05) is 17.2 Å². The standard InChI is InChI=1S/C27H34N2O3/c1-18-10-9-11-19(2)22(18)23(30)28-24(20-12-7-6-8-13-20)32-25(31)29-21-14-16-27(29,17-15-21)26(3,4)5/h6-13,21,24H,14-17H2,1-5H3,(H,28,30)/t21?,24-,27?/m1/s1. The predicted octanol–water partition coefficient (Wildman–Crippen LogP) is 5.91. The van der Waals surface area contributed by atoms with E-state index in [0.717, 1.165) is 42.4 Å². The molecule has 1 atom stereocenters. The van der Waals surface area contributed by atoms with Crippen LogP contribution in [0.3, 0.4) is 0 Å². The number of benzene rings is 2. The highest BCUT2D eigenvalue weighted by molar-refractivity contribution is 5.97. The van der Waals surface area contributed by atoms with E-state index in [9.17, 15) is 9.59 Å². The van der Waals surface area contributed by atoms with Gasteiger partial charge in [-0.05, 0) is 56.1 Å². The fourth-order valence-corrected chi connectivity index (χ4v) is 5.69. The summed E-state index contributed by atoms with van der Waals surface area (Å²) in [6.45, 7) is 10.5. The molecule has 170 valence electrons. The van der Waals surface area contributed by atoms with Crippen LogP contribution < -0.4 is 5.32 Å². The lowest BCUT2D eigenvalue weighted by molar-refractivity contribution is 0.000269. The first kappa shape index (κ1) is 22.4. The van der Waals surface area contributed by atoms with E-state index in [-0.39, 0.29) is 29.0 Å². The van der Waals surface area contributed by atoms with Crippen molar-refractivity contribution in [3.05, 3.63) is 70.8 Å². The topological polar surface area (TPSA) is 58.6 Å². The molecule has 2 aromatic carbocycles. The van der Waals surface area contributed by atoms with Crippen LogP contribution in [0.2, 0.25) is 0 Å². The molecule has 0 radical (unpaired) electrons. The van der Waals surface area contributed by atoms with E-state index >= 15 is 0 Å². The van der Waals surface area contributed by atoms with Gasteiger partial charge in [-0.1, -0.05) is 69.3 Å². The summed E-state index contributed by atoms with van der Waals surface area (Å²) in [5.41, 5.74) is 2.93. The van der Waals surface area contributed by atoms with E-state index in [1.165, 1.54) is 0 Å². The van der Waals surface area contributed by atoms with Gasteiger partial charge >= 0.3 is 6.09 Å². The number of fused-ring (bicyclic) bond motifs is 2. The number of nitrogens with one attached hydrogen (secondary N) is 1. The molecular formula is C27H34N2O3. The zero-order valence-electron chi connectivity index (χ0n) is 19.8. The van der Waals surface area contributed by atoms with Crippen molar-refractivity contribution in [2.24, 2.45) is 5.41 Å². The molecule has 0 spiro atoms. The summed E-state index contributed by atoms with van der Waals surface area (Å²) in [6.07, 6.45) is 2.83. The number of carbonyl (C=O) groups is 2. The third kappa shape index (κ3) is 3.78. The van der Waals surface area contributed by atoms with Crippen molar-refractivity contribution < 1.29 is 14.3 Å². The number of ether oxygens (including phenoxy) is 1. The van der Waals surface area contributed by atoms with Crippen molar-refractivity contribution in [2.45, 2.75) is 78.1 Å². The van der Waals surface area contributed by atoms with Crippen LogP contribution >= 0.6 is 0 Å². The van der Waals surface area contributed by atoms with E-state index < -0.39 is 6.23 Å². The first-order valence-electron chi connectivity index (χ1n) is 11.6. The number of hydrogen-bond donors (Lipinski definition) is 1. The summed E-state index contributed by atoms with van der Waals surface area (Å²) in [4.78, 5) is 28.7. The Balaban J connectivity index is 1.61. The maximum Gasteiger partial charge on any atom is 0.412 e. The number of aryl methyl sites for hydroxylation is 2. The molecule has 2 aliphatic rings. The second-order valence-corrected chi connectivity index (χ2v) is 10.3. The zero-order chi connectivity index (χ0) is 23.1. The Hall–Kier alpha value is -2.82. The van der Waals surface area contributed by atoms with Crippen LogP contribution in [0.15, 0.2) is 48.5 Å². The maximum absolute atomic E-state index is 13.5. The SMILES string of the molecule is Cc1cccc(C)c1C(=O)N[C@H](OC(=O)N1C2CCC1(C(C)(C)C)CC2)c1ccccc1. The molecule has 2 amide bonds. The average molecular weight is 435 g/mol. The molecule has 1 N–H and O–H groups in total. The van der Waals surface area contributed by atoms with E-state index in [2.05, 4.69) is 26.1 Å². The fraction of sp³-hybridized carbons (Fsp3) is 0.481. The van der Waals surface area contributed by atoms with E-state index in [1.807, 2.05) is 67.3 Å². The van der Waals surface area contributed by atoms with Gasteiger partial charge in [0.25, 0.3) is 5.91 Å².